The number of hydrogen-bond acceptors (Lipinski definition) is 8. The van der Waals surface area contributed by atoms with Crippen molar-refractivity contribution in [3.05, 3.63) is 46.3 Å². The first-order chi connectivity index (χ1) is 19.2. The van der Waals surface area contributed by atoms with Crippen LogP contribution in [0.1, 0.15) is 33.0 Å². The van der Waals surface area contributed by atoms with Gasteiger partial charge in [-0.3, -0.25) is 0 Å². The number of benzene rings is 2. The molecular formula is C28H34Cl2N4O6S. The topological polar surface area (TPSA) is 120 Å². The molecule has 2 atom stereocenters. The Balaban J connectivity index is 1.57. The van der Waals surface area contributed by atoms with Crippen LogP contribution in [0.5, 0.6) is 11.5 Å². The standard InChI is InChI=1S/C28H34Cl2N4O6S/c1-28(2,3)40-27(35)34-15-16(9-19(34)14-32-41(6,36)37)10-23-31-13-18-11-17(7-8-20(18)33-23)24-25(29)21(38-4)12-22(39-5)26(24)30/h7-8,11-13,16,19,32H,9-10,14-15H2,1-6H3/t16-,19+/m1/s1. The zero-order chi connectivity index (χ0) is 30.1. The third kappa shape index (κ3) is 7.51. The molecule has 2 aromatic carbocycles. The smallest absolute Gasteiger partial charge is 0.410 e. The number of amides is 1. The van der Waals surface area contributed by atoms with Crippen LogP contribution in [0, 0.1) is 5.92 Å². The number of sulfonamides is 1. The molecule has 1 N–H and O–H groups in total. The molecule has 222 valence electrons. The molecular weight excluding hydrogens is 591 g/mol. The molecule has 1 aliphatic heterocycles. The molecule has 41 heavy (non-hydrogen) atoms. The number of methoxy groups -OCH3 is 2. The number of fused-ring (bicyclic) bond motifs is 1. The molecule has 4 rings (SSSR count). The van der Waals surface area contributed by atoms with Crippen LogP contribution in [0.15, 0.2) is 30.5 Å². The number of halogens is 2. The van der Waals surface area contributed by atoms with Gasteiger partial charge in [-0.05, 0) is 50.8 Å². The van der Waals surface area contributed by atoms with Crippen LogP contribution in [0.25, 0.3) is 22.0 Å². The monoisotopic (exact) mass is 624 g/mol. The number of carbonyl (C=O) groups excluding carboxylic acids is 1. The van der Waals surface area contributed by atoms with Crippen LogP contribution in [0.3, 0.4) is 0 Å². The largest absolute Gasteiger partial charge is 0.495 e. The summed E-state index contributed by atoms with van der Waals surface area (Å²) in [6.07, 6.45) is 3.45. The summed E-state index contributed by atoms with van der Waals surface area (Å²) in [4.78, 5) is 23.8. The van der Waals surface area contributed by atoms with Crippen molar-refractivity contribution in [3.8, 4) is 22.6 Å². The molecule has 1 aromatic heterocycles. The van der Waals surface area contributed by atoms with Crippen molar-refractivity contribution in [2.75, 3.05) is 33.6 Å². The Morgan fingerprint density at radius 3 is 2.37 bits per heavy atom. The number of nitrogens with one attached hydrogen (secondary N) is 1. The first-order valence-electron chi connectivity index (χ1n) is 13.0. The van der Waals surface area contributed by atoms with E-state index >= 15 is 0 Å². The molecule has 0 bridgehead atoms. The van der Waals surface area contributed by atoms with Gasteiger partial charge in [0.25, 0.3) is 0 Å². The van der Waals surface area contributed by atoms with E-state index in [9.17, 15) is 13.2 Å². The highest BCUT2D eigenvalue weighted by Gasteiger charge is 2.38. The van der Waals surface area contributed by atoms with Gasteiger partial charge in [0.2, 0.25) is 10.0 Å². The molecule has 1 fully saturated rings. The number of carbonyl (C=O) groups is 1. The van der Waals surface area contributed by atoms with Gasteiger partial charge in [-0.1, -0.05) is 29.3 Å². The lowest BCUT2D eigenvalue weighted by molar-refractivity contribution is 0.0224. The van der Waals surface area contributed by atoms with Crippen LogP contribution in [0.4, 0.5) is 4.79 Å². The first-order valence-corrected chi connectivity index (χ1v) is 15.6. The van der Waals surface area contributed by atoms with Gasteiger partial charge in [-0.2, -0.15) is 0 Å². The molecule has 0 saturated carbocycles. The summed E-state index contributed by atoms with van der Waals surface area (Å²) >= 11 is 13.2. The molecule has 2 heterocycles. The van der Waals surface area contributed by atoms with Gasteiger partial charge in [0.1, 0.15) is 22.9 Å². The molecule has 3 aromatic rings. The van der Waals surface area contributed by atoms with E-state index in [0.717, 1.165) is 22.7 Å². The Hall–Kier alpha value is -2.86. The van der Waals surface area contributed by atoms with Gasteiger partial charge in [0.05, 0.1) is 36.0 Å². The van der Waals surface area contributed by atoms with Crippen molar-refractivity contribution in [2.24, 2.45) is 5.92 Å². The van der Waals surface area contributed by atoms with Crippen molar-refractivity contribution in [1.29, 1.82) is 0 Å². The maximum Gasteiger partial charge on any atom is 0.410 e. The molecule has 0 aliphatic carbocycles. The molecule has 13 heteroatoms. The van der Waals surface area contributed by atoms with Crippen molar-refractivity contribution >= 4 is 50.2 Å². The third-order valence-electron chi connectivity index (χ3n) is 6.67. The summed E-state index contributed by atoms with van der Waals surface area (Å²) in [7, 11) is -0.371. The van der Waals surface area contributed by atoms with E-state index in [2.05, 4.69) is 9.71 Å². The average molecular weight is 626 g/mol. The summed E-state index contributed by atoms with van der Waals surface area (Å²) in [5.41, 5.74) is 1.40. The number of nitrogens with zero attached hydrogens (tertiary/aromatic N) is 3. The molecule has 1 amide bonds. The summed E-state index contributed by atoms with van der Waals surface area (Å²) in [5, 5.41) is 1.52. The Morgan fingerprint density at radius 1 is 1.12 bits per heavy atom. The minimum atomic E-state index is -3.42. The second-order valence-corrected chi connectivity index (χ2v) is 13.6. The van der Waals surface area contributed by atoms with Crippen molar-refractivity contribution in [1.82, 2.24) is 19.6 Å². The Bertz CT molecular complexity index is 1530. The molecule has 10 nitrogen and oxygen atoms in total. The Labute approximate surface area is 250 Å². The third-order valence-corrected chi connectivity index (χ3v) is 8.12. The predicted octanol–water partition coefficient (Wildman–Crippen LogP) is 5.34. The molecule has 0 unspecified atom stereocenters. The zero-order valence-electron chi connectivity index (χ0n) is 23.8. The molecule has 0 spiro atoms. The van der Waals surface area contributed by atoms with Crippen LogP contribution >= 0.6 is 23.2 Å². The second-order valence-electron chi connectivity index (χ2n) is 11.1. The minimum absolute atomic E-state index is 0.0208. The van der Waals surface area contributed by atoms with E-state index in [1.165, 1.54) is 14.2 Å². The van der Waals surface area contributed by atoms with Crippen molar-refractivity contribution < 1.29 is 27.4 Å². The first kappa shape index (κ1) is 31.1. The van der Waals surface area contributed by atoms with Gasteiger partial charge in [-0.15, -0.1) is 0 Å². The lowest BCUT2D eigenvalue weighted by Gasteiger charge is -2.28. The quantitative estimate of drug-likeness (QED) is 0.357. The molecule has 1 saturated heterocycles. The minimum Gasteiger partial charge on any atom is -0.495 e. The summed E-state index contributed by atoms with van der Waals surface area (Å²) in [6, 6.07) is 6.94. The zero-order valence-corrected chi connectivity index (χ0v) is 26.2. The van der Waals surface area contributed by atoms with Crippen molar-refractivity contribution in [3.63, 3.8) is 0 Å². The number of ether oxygens (including phenoxy) is 3. The summed E-state index contributed by atoms with van der Waals surface area (Å²) in [5.74, 6) is 1.52. The highest BCUT2D eigenvalue weighted by Crippen LogP contribution is 2.46. The van der Waals surface area contributed by atoms with Crippen LogP contribution < -0.4 is 14.2 Å². The van der Waals surface area contributed by atoms with Gasteiger partial charge in [0, 0.05) is 48.8 Å². The van der Waals surface area contributed by atoms with E-state index in [4.69, 9.17) is 42.4 Å². The second kappa shape index (κ2) is 12.2. The van der Waals surface area contributed by atoms with Gasteiger partial charge in [-0.25, -0.2) is 27.9 Å². The van der Waals surface area contributed by atoms with E-state index in [1.54, 1.807) is 37.9 Å². The fourth-order valence-corrected chi connectivity index (χ4v) is 6.08. The number of likely N-dealkylation sites (tertiary alicyclic amines) is 1. The lowest BCUT2D eigenvalue weighted by Crippen LogP contribution is -2.45. The van der Waals surface area contributed by atoms with E-state index in [0.29, 0.717) is 52.3 Å². The fraction of sp³-hybridized carbons (Fsp3) is 0.464. The highest BCUT2D eigenvalue weighted by molar-refractivity contribution is 7.88. The molecule has 0 radical (unpaired) electrons. The van der Waals surface area contributed by atoms with Crippen LogP contribution in [-0.2, 0) is 21.2 Å². The lowest BCUT2D eigenvalue weighted by atomic mass is 10.0. The predicted molar refractivity (Wildman–Crippen MR) is 159 cm³/mol. The fourth-order valence-electron chi connectivity index (χ4n) is 4.87. The Kier molecular flexibility index (Phi) is 9.22. The number of hydrogen-bond donors (Lipinski definition) is 1. The van der Waals surface area contributed by atoms with Gasteiger partial charge < -0.3 is 19.1 Å². The van der Waals surface area contributed by atoms with Gasteiger partial charge in [0.15, 0.2) is 0 Å². The summed E-state index contributed by atoms with van der Waals surface area (Å²) < 4.78 is 42.3. The van der Waals surface area contributed by atoms with Crippen LogP contribution in [-0.4, -0.2) is 74.6 Å². The maximum absolute atomic E-state index is 12.9. The normalized spacial score (nSPS) is 17.6. The van der Waals surface area contributed by atoms with Crippen molar-refractivity contribution in [2.45, 2.75) is 45.3 Å². The average Bonchev–Trinajstić information content (AvgIpc) is 3.29. The van der Waals surface area contributed by atoms with E-state index in [1.807, 2.05) is 18.2 Å². The maximum atomic E-state index is 12.9. The SMILES string of the molecule is COc1cc(OC)c(Cl)c(-c2ccc3nc(C[C@H]4C[C@@H](CNS(C)(=O)=O)N(C(=O)OC(C)(C)C)C4)ncc3c2)c1Cl. The van der Waals surface area contributed by atoms with Gasteiger partial charge >= 0.3 is 6.09 Å². The van der Waals surface area contributed by atoms with E-state index < -0.39 is 21.7 Å². The highest BCUT2D eigenvalue weighted by atomic mass is 35.5. The summed E-state index contributed by atoms with van der Waals surface area (Å²) in [6.45, 7) is 5.89. The van der Waals surface area contributed by atoms with E-state index in [-0.39, 0.29) is 18.5 Å². The Morgan fingerprint density at radius 2 is 1.78 bits per heavy atom. The molecule has 1 aliphatic rings. The number of rotatable bonds is 8. The van der Waals surface area contributed by atoms with Crippen LogP contribution in [0.2, 0.25) is 10.0 Å². The number of aromatic nitrogens is 2.